The smallest absolute Gasteiger partial charge is 0.325 e. The molecular weight excluding hydrogens is 324 g/mol. The third kappa shape index (κ3) is 6.99. The van der Waals surface area contributed by atoms with Gasteiger partial charge in [0.15, 0.2) is 11.8 Å². The number of hydrogen-bond donors (Lipinski definition) is 0. The number of esters is 4. The van der Waals surface area contributed by atoms with Gasteiger partial charge in [-0.05, 0) is 13.8 Å². The predicted molar refractivity (Wildman–Crippen MR) is 81.3 cm³/mol. The van der Waals surface area contributed by atoms with E-state index in [1.165, 1.54) is 0 Å². The third-order valence-corrected chi connectivity index (χ3v) is 2.49. The van der Waals surface area contributed by atoms with Crippen molar-refractivity contribution in [2.75, 3.05) is 27.4 Å². The molecule has 0 bridgehead atoms. The first-order chi connectivity index (χ1) is 11.4. The number of ether oxygens (including phenoxy) is 4. The van der Waals surface area contributed by atoms with Gasteiger partial charge in [0.25, 0.3) is 0 Å². The Morgan fingerprint density at radius 2 is 1.08 bits per heavy atom. The van der Waals surface area contributed by atoms with E-state index < -0.39 is 35.7 Å². The van der Waals surface area contributed by atoms with Gasteiger partial charge in [-0.15, -0.1) is 0 Å². The Labute approximate surface area is 138 Å². The third-order valence-electron chi connectivity index (χ3n) is 2.49. The van der Waals surface area contributed by atoms with E-state index in [2.05, 4.69) is 19.7 Å². The van der Waals surface area contributed by atoms with Crippen LogP contribution in [0, 0.1) is 11.8 Å². The molecule has 10 nitrogen and oxygen atoms in total. The Bertz CT molecular complexity index is 481. The topological polar surface area (TPSA) is 130 Å². The second kappa shape index (κ2) is 11.7. The zero-order valence-electron chi connectivity index (χ0n) is 13.9. The molecule has 0 radical (unpaired) electrons. The van der Waals surface area contributed by atoms with Crippen LogP contribution in [0.15, 0.2) is 10.2 Å². The summed E-state index contributed by atoms with van der Waals surface area (Å²) in [4.78, 5) is 46.2. The van der Waals surface area contributed by atoms with Crippen molar-refractivity contribution < 1.29 is 38.1 Å². The van der Waals surface area contributed by atoms with Crippen LogP contribution in [0.4, 0.5) is 0 Å². The molecule has 24 heavy (non-hydrogen) atoms. The summed E-state index contributed by atoms with van der Waals surface area (Å²) in [6.45, 7) is 3.29. The van der Waals surface area contributed by atoms with Crippen LogP contribution in [0.1, 0.15) is 13.8 Å². The molecular formula is C14H20N2O8. The summed E-state index contributed by atoms with van der Waals surface area (Å²) in [6.07, 6.45) is 1.75. The van der Waals surface area contributed by atoms with Crippen LogP contribution in [0.2, 0.25) is 0 Å². The molecule has 0 aliphatic rings. The number of nitrogens with zero attached hydrogens (tertiary/aromatic N) is 2. The maximum atomic E-state index is 11.7. The Morgan fingerprint density at radius 1 is 0.750 bits per heavy atom. The predicted octanol–water partition coefficient (Wildman–Crippen LogP) is -0.252. The van der Waals surface area contributed by atoms with Gasteiger partial charge < -0.3 is 18.9 Å². The zero-order chi connectivity index (χ0) is 18.5. The molecule has 0 aromatic carbocycles. The van der Waals surface area contributed by atoms with E-state index in [4.69, 9.17) is 9.47 Å². The van der Waals surface area contributed by atoms with Crippen molar-refractivity contribution in [3.8, 4) is 0 Å². The molecule has 10 heteroatoms. The lowest BCUT2D eigenvalue weighted by Gasteiger charge is -2.09. The molecule has 0 atom stereocenters. The SMILES string of the molecule is CCOC(=O)C(C=NN=CC(C(=O)OC)C(=O)OC)C(=O)OCC. The van der Waals surface area contributed by atoms with E-state index in [9.17, 15) is 19.2 Å². The Morgan fingerprint density at radius 3 is 1.38 bits per heavy atom. The lowest BCUT2D eigenvalue weighted by atomic mass is 10.2. The van der Waals surface area contributed by atoms with Crippen molar-refractivity contribution >= 4 is 36.3 Å². The molecule has 0 aliphatic carbocycles. The first kappa shape index (κ1) is 21.2. The average Bonchev–Trinajstić information content (AvgIpc) is 2.57. The molecule has 0 aliphatic heterocycles. The molecule has 0 N–H and O–H groups in total. The summed E-state index contributed by atoms with van der Waals surface area (Å²) in [5.41, 5.74) is 0. The van der Waals surface area contributed by atoms with Gasteiger partial charge in [0.05, 0.1) is 39.9 Å². The maximum Gasteiger partial charge on any atom is 0.325 e. The van der Waals surface area contributed by atoms with Gasteiger partial charge in [-0.3, -0.25) is 19.2 Å². The molecule has 134 valence electrons. The molecule has 0 amide bonds. The van der Waals surface area contributed by atoms with Gasteiger partial charge in [0, 0.05) is 0 Å². The van der Waals surface area contributed by atoms with E-state index in [0.717, 1.165) is 26.6 Å². The van der Waals surface area contributed by atoms with Crippen molar-refractivity contribution in [1.82, 2.24) is 0 Å². The fourth-order valence-electron chi connectivity index (χ4n) is 1.36. The molecule has 0 spiro atoms. The van der Waals surface area contributed by atoms with Gasteiger partial charge in [-0.2, -0.15) is 10.2 Å². The number of carbonyl (C=O) groups is 4. The Hall–Kier alpha value is -2.78. The van der Waals surface area contributed by atoms with E-state index in [1.54, 1.807) is 13.8 Å². The summed E-state index contributed by atoms with van der Waals surface area (Å²) in [6, 6.07) is 0. The largest absolute Gasteiger partial charge is 0.468 e. The van der Waals surface area contributed by atoms with Gasteiger partial charge in [0.2, 0.25) is 0 Å². The van der Waals surface area contributed by atoms with Gasteiger partial charge in [0.1, 0.15) is 0 Å². The lowest BCUT2D eigenvalue weighted by molar-refractivity contribution is -0.158. The minimum atomic E-state index is -1.42. The van der Waals surface area contributed by atoms with Crippen LogP contribution >= 0.6 is 0 Å². The van der Waals surface area contributed by atoms with E-state index in [-0.39, 0.29) is 13.2 Å². The quantitative estimate of drug-likeness (QED) is 0.184. The van der Waals surface area contributed by atoms with E-state index in [0.29, 0.717) is 0 Å². The molecule has 0 saturated heterocycles. The fourth-order valence-corrected chi connectivity index (χ4v) is 1.36. The summed E-state index contributed by atoms with van der Waals surface area (Å²) in [7, 11) is 2.18. The van der Waals surface area contributed by atoms with Crippen LogP contribution in [0.3, 0.4) is 0 Å². The van der Waals surface area contributed by atoms with Crippen LogP contribution in [0.25, 0.3) is 0 Å². The fraction of sp³-hybridized carbons (Fsp3) is 0.571. The molecule has 0 heterocycles. The highest BCUT2D eigenvalue weighted by Crippen LogP contribution is 2.03. The van der Waals surface area contributed by atoms with Gasteiger partial charge in [-0.1, -0.05) is 0 Å². The van der Waals surface area contributed by atoms with Crippen molar-refractivity contribution in [1.29, 1.82) is 0 Å². The average molecular weight is 344 g/mol. The highest BCUT2D eigenvalue weighted by Gasteiger charge is 2.28. The minimum Gasteiger partial charge on any atom is -0.468 e. The molecule has 0 aromatic rings. The van der Waals surface area contributed by atoms with Crippen molar-refractivity contribution in [2.45, 2.75) is 13.8 Å². The maximum absolute atomic E-state index is 11.7. The lowest BCUT2D eigenvalue weighted by Crippen LogP contribution is -2.29. The van der Waals surface area contributed by atoms with Crippen molar-refractivity contribution in [3.63, 3.8) is 0 Å². The number of methoxy groups -OCH3 is 2. The summed E-state index contributed by atoms with van der Waals surface area (Å²) in [5.74, 6) is -6.32. The summed E-state index contributed by atoms with van der Waals surface area (Å²) in [5, 5.41) is 6.94. The molecule has 0 saturated carbocycles. The molecule has 0 unspecified atom stereocenters. The van der Waals surface area contributed by atoms with Gasteiger partial charge >= 0.3 is 23.9 Å². The molecule has 0 fully saturated rings. The highest BCUT2D eigenvalue weighted by molar-refractivity contribution is 6.10. The van der Waals surface area contributed by atoms with Crippen LogP contribution < -0.4 is 0 Å². The van der Waals surface area contributed by atoms with Crippen LogP contribution in [-0.4, -0.2) is 63.7 Å². The van der Waals surface area contributed by atoms with Crippen molar-refractivity contribution in [2.24, 2.45) is 22.0 Å². The minimum absolute atomic E-state index is 0.0681. The van der Waals surface area contributed by atoms with E-state index >= 15 is 0 Å². The Balaban J connectivity index is 5.12. The highest BCUT2D eigenvalue weighted by atomic mass is 16.6. The standard InChI is InChI=1S/C14H20N2O8/c1-5-23-13(19)10(14(20)24-6-2)8-16-15-7-9(11(17)21-3)12(18)22-4/h7-10H,5-6H2,1-4H3. The number of carbonyl (C=O) groups excluding carboxylic acids is 4. The second-order valence-corrected chi connectivity index (χ2v) is 4.03. The second-order valence-electron chi connectivity index (χ2n) is 4.03. The van der Waals surface area contributed by atoms with Crippen molar-refractivity contribution in [3.05, 3.63) is 0 Å². The normalized spacial score (nSPS) is 11.1. The monoisotopic (exact) mass is 344 g/mol. The zero-order valence-corrected chi connectivity index (χ0v) is 13.9. The first-order valence-corrected chi connectivity index (χ1v) is 6.98. The van der Waals surface area contributed by atoms with E-state index in [1.807, 2.05) is 0 Å². The van der Waals surface area contributed by atoms with Crippen LogP contribution in [-0.2, 0) is 38.1 Å². The van der Waals surface area contributed by atoms with Gasteiger partial charge in [-0.25, -0.2) is 0 Å². The summed E-state index contributed by atoms with van der Waals surface area (Å²) >= 11 is 0. The van der Waals surface area contributed by atoms with Crippen LogP contribution in [0.5, 0.6) is 0 Å². The number of rotatable bonds is 9. The number of hydrogen-bond acceptors (Lipinski definition) is 10. The Kier molecular flexibility index (Phi) is 10.4. The molecule has 0 rings (SSSR count). The molecule has 0 aromatic heterocycles. The summed E-state index contributed by atoms with van der Waals surface area (Å²) < 4.78 is 18.3. The first-order valence-electron chi connectivity index (χ1n) is 6.98.